The van der Waals surface area contributed by atoms with Crippen LogP contribution in [0.4, 0.5) is 0 Å². The molecule has 0 saturated heterocycles. The van der Waals surface area contributed by atoms with Crippen molar-refractivity contribution in [2.45, 2.75) is 116 Å². The highest BCUT2D eigenvalue weighted by Gasteiger charge is 2.26. The Labute approximate surface area is 134 Å². The van der Waals surface area contributed by atoms with Crippen LogP contribution in [-0.2, 0) is 0 Å². The van der Waals surface area contributed by atoms with E-state index in [4.69, 9.17) is 0 Å². The largest absolute Gasteiger partial charge is 0.0625 e. The van der Waals surface area contributed by atoms with E-state index >= 15 is 0 Å². The van der Waals surface area contributed by atoms with E-state index in [2.05, 4.69) is 6.92 Å². The van der Waals surface area contributed by atoms with Gasteiger partial charge in [0.1, 0.15) is 0 Å². The van der Waals surface area contributed by atoms with E-state index in [1.54, 1.807) is 25.7 Å². The van der Waals surface area contributed by atoms with E-state index in [1.165, 1.54) is 83.5 Å². The molecule has 0 aromatic heterocycles. The van der Waals surface area contributed by atoms with Gasteiger partial charge in [0.15, 0.2) is 0 Å². The predicted octanol–water partition coefficient (Wildman–Crippen LogP) is 7.51. The minimum absolute atomic E-state index is 1.01. The monoisotopic (exact) mass is 292 g/mol. The van der Waals surface area contributed by atoms with Crippen LogP contribution < -0.4 is 0 Å². The Morgan fingerprint density at radius 2 is 0.667 bits per heavy atom. The molecule has 21 heavy (non-hydrogen) atoms. The molecule has 0 heteroatoms. The first kappa shape index (κ1) is 17.4. The average molecular weight is 293 g/mol. The van der Waals surface area contributed by atoms with Gasteiger partial charge < -0.3 is 0 Å². The second kappa shape index (κ2) is 10.7. The topological polar surface area (TPSA) is 0 Å². The summed E-state index contributed by atoms with van der Waals surface area (Å²) in [6, 6.07) is 0. The minimum Gasteiger partial charge on any atom is -0.0625 e. The fraction of sp³-hybridized carbons (Fsp3) is 1.00. The van der Waals surface area contributed by atoms with Crippen LogP contribution in [0.25, 0.3) is 0 Å². The first-order valence-electron chi connectivity index (χ1n) is 10.4. The second-order valence-corrected chi connectivity index (χ2v) is 8.25. The van der Waals surface area contributed by atoms with Crippen LogP contribution >= 0.6 is 0 Å². The Bertz CT molecular complexity index is 208. The van der Waals surface area contributed by atoms with Crippen LogP contribution in [0.3, 0.4) is 0 Å². The van der Waals surface area contributed by atoms with Crippen LogP contribution in [0.5, 0.6) is 0 Å². The molecule has 0 unspecified atom stereocenters. The van der Waals surface area contributed by atoms with E-state index in [1.807, 2.05) is 0 Å². The predicted molar refractivity (Wildman–Crippen MR) is 94.6 cm³/mol. The van der Waals surface area contributed by atoms with E-state index in [-0.39, 0.29) is 0 Å². The van der Waals surface area contributed by atoms with Crippen LogP contribution in [-0.4, -0.2) is 0 Å². The van der Waals surface area contributed by atoms with Gasteiger partial charge in [-0.25, -0.2) is 0 Å². The lowest BCUT2D eigenvalue weighted by Crippen LogP contribution is -2.06. The van der Waals surface area contributed by atoms with Gasteiger partial charge in [0.2, 0.25) is 0 Å². The van der Waals surface area contributed by atoms with Gasteiger partial charge in [-0.15, -0.1) is 0 Å². The SMILES string of the molecule is C1CCC(C2CCCC2)C1.CC1CCCCCCCCC1. The Hall–Kier alpha value is 0. The zero-order valence-corrected chi connectivity index (χ0v) is 14.8. The van der Waals surface area contributed by atoms with Gasteiger partial charge in [0, 0.05) is 0 Å². The Balaban J connectivity index is 0.000000154. The van der Waals surface area contributed by atoms with Gasteiger partial charge in [-0.3, -0.25) is 0 Å². The normalized spacial score (nSPS) is 27.3. The maximum Gasteiger partial charge on any atom is -0.0386 e. The quantitative estimate of drug-likeness (QED) is 0.469. The third-order valence-corrected chi connectivity index (χ3v) is 6.36. The molecule has 124 valence electrons. The second-order valence-electron chi connectivity index (χ2n) is 8.25. The summed E-state index contributed by atoms with van der Waals surface area (Å²) in [7, 11) is 0. The van der Waals surface area contributed by atoms with Crippen LogP contribution in [0.2, 0.25) is 0 Å². The fourth-order valence-electron chi connectivity index (χ4n) is 4.87. The van der Waals surface area contributed by atoms with Gasteiger partial charge in [-0.05, 0) is 17.8 Å². The Morgan fingerprint density at radius 1 is 0.381 bits per heavy atom. The maximum atomic E-state index is 2.42. The summed E-state index contributed by atoms with van der Waals surface area (Å²) in [5.74, 6) is 3.32. The van der Waals surface area contributed by atoms with Crippen molar-refractivity contribution in [1.82, 2.24) is 0 Å². The fourth-order valence-corrected chi connectivity index (χ4v) is 4.87. The third kappa shape index (κ3) is 7.20. The average Bonchev–Trinajstić information content (AvgIpc) is 3.19. The summed E-state index contributed by atoms with van der Waals surface area (Å²) >= 11 is 0. The van der Waals surface area contributed by atoms with E-state index in [0.717, 1.165) is 17.8 Å². The lowest BCUT2D eigenvalue weighted by molar-refractivity contribution is 0.347. The molecule has 3 saturated carbocycles. The Morgan fingerprint density at radius 3 is 1.05 bits per heavy atom. The zero-order chi connectivity index (χ0) is 14.8. The first-order chi connectivity index (χ1) is 10.4. The molecule has 0 atom stereocenters. The van der Waals surface area contributed by atoms with Crippen LogP contribution in [0.1, 0.15) is 116 Å². The highest BCUT2D eigenvalue weighted by Crippen LogP contribution is 2.40. The Kier molecular flexibility index (Phi) is 8.83. The number of hydrogen-bond donors (Lipinski definition) is 0. The molecule has 3 rings (SSSR count). The molecular weight excluding hydrogens is 252 g/mol. The molecule has 0 aliphatic heterocycles. The van der Waals surface area contributed by atoms with Crippen molar-refractivity contribution in [3.8, 4) is 0 Å². The third-order valence-electron chi connectivity index (χ3n) is 6.36. The summed E-state index contributed by atoms with van der Waals surface area (Å²) in [5, 5.41) is 0. The van der Waals surface area contributed by atoms with Crippen molar-refractivity contribution in [3.05, 3.63) is 0 Å². The summed E-state index contributed by atoms with van der Waals surface area (Å²) in [5.41, 5.74) is 0. The standard InChI is InChI=1S/C11H22.C10H18/c1-11-9-7-5-3-2-4-6-8-10-11;1-2-6-9(5-1)10-7-3-4-8-10/h11H,2-10H2,1H3;9-10H,1-8H2. The van der Waals surface area contributed by atoms with Crippen molar-refractivity contribution < 1.29 is 0 Å². The lowest BCUT2D eigenvalue weighted by atomic mass is 9.90. The van der Waals surface area contributed by atoms with Crippen LogP contribution in [0, 0.1) is 17.8 Å². The zero-order valence-electron chi connectivity index (χ0n) is 14.8. The maximum absolute atomic E-state index is 2.42. The van der Waals surface area contributed by atoms with Gasteiger partial charge >= 0.3 is 0 Å². The molecule has 3 fully saturated rings. The van der Waals surface area contributed by atoms with Crippen molar-refractivity contribution in [3.63, 3.8) is 0 Å². The molecule has 3 aliphatic carbocycles. The lowest BCUT2D eigenvalue weighted by Gasteiger charge is -2.16. The summed E-state index contributed by atoms with van der Waals surface area (Å²) in [6.45, 7) is 2.42. The molecule has 0 aromatic rings. The first-order valence-corrected chi connectivity index (χ1v) is 10.4. The molecule has 0 aromatic carbocycles. The molecule has 0 nitrogen and oxygen atoms in total. The molecule has 0 amide bonds. The number of hydrogen-bond acceptors (Lipinski definition) is 0. The van der Waals surface area contributed by atoms with Crippen molar-refractivity contribution >= 4 is 0 Å². The molecule has 0 N–H and O–H groups in total. The summed E-state index contributed by atoms with van der Waals surface area (Å²) in [4.78, 5) is 0. The van der Waals surface area contributed by atoms with Gasteiger partial charge in [0.25, 0.3) is 0 Å². The summed E-state index contributed by atoms with van der Waals surface area (Å²) < 4.78 is 0. The number of rotatable bonds is 1. The molecule has 0 radical (unpaired) electrons. The molecule has 0 bridgehead atoms. The smallest absolute Gasteiger partial charge is 0.0386 e. The van der Waals surface area contributed by atoms with Gasteiger partial charge in [-0.1, -0.05) is 116 Å². The van der Waals surface area contributed by atoms with Crippen molar-refractivity contribution in [2.75, 3.05) is 0 Å². The van der Waals surface area contributed by atoms with Crippen LogP contribution in [0.15, 0.2) is 0 Å². The molecule has 0 heterocycles. The van der Waals surface area contributed by atoms with Crippen molar-refractivity contribution in [1.29, 1.82) is 0 Å². The van der Waals surface area contributed by atoms with Gasteiger partial charge in [-0.2, -0.15) is 0 Å². The molecule has 3 aliphatic rings. The van der Waals surface area contributed by atoms with E-state index in [9.17, 15) is 0 Å². The highest BCUT2D eigenvalue weighted by molar-refractivity contribution is 4.78. The van der Waals surface area contributed by atoms with E-state index < -0.39 is 0 Å². The summed E-state index contributed by atoms with van der Waals surface area (Å²) in [6.07, 6.45) is 25.8. The molecule has 0 spiro atoms. The van der Waals surface area contributed by atoms with Crippen molar-refractivity contribution in [2.24, 2.45) is 17.8 Å². The van der Waals surface area contributed by atoms with Gasteiger partial charge in [0.05, 0.1) is 0 Å². The van der Waals surface area contributed by atoms with E-state index in [0.29, 0.717) is 0 Å². The molecular formula is C21H40. The minimum atomic E-state index is 1.01. The highest BCUT2D eigenvalue weighted by atomic mass is 14.3.